The number of amides is 1. The average Bonchev–Trinajstić information content (AvgIpc) is 2.85. The maximum atomic E-state index is 13.3. The molecular weight excluding hydrogens is 339 g/mol. The fourth-order valence-electron chi connectivity index (χ4n) is 2.51. The van der Waals surface area contributed by atoms with Crippen LogP contribution in [0.25, 0.3) is 0 Å². The SMILES string of the molecule is Cc1ccc(NC(=O)c2sc(=O)n(Cc3cccc(F)c3)c2C)cc1. The Bertz CT molecular complexity index is 974. The Morgan fingerprint density at radius 3 is 2.56 bits per heavy atom. The minimum Gasteiger partial charge on any atom is -0.321 e. The summed E-state index contributed by atoms with van der Waals surface area (Å²) in [6, 6.07) is 13.5. The number of carbonyl (C=O) groups excluding carboxylic acids is 1. The van der Waals surface area contributed by atoms with E-state index in [0.29, 0.717) is 21.8 Å². The molecule has 1 heterocycles. The number of rotatable bonds is 4. The summed E-state index contributed by atoms with van der Waals surface area (Å²) >= 11 is 0.897. The van der Waals surface area contributed by atoms with Gasteiger partial charge in [0, 0.05) is 11.4 Å². The van der Waals surface area contributed by atoms with E-state index < -0.39 is 0 Å². The summed E-state index contributed by atoms with van der Waals surface area (Å²) < 4.78 is 14.8. The zero-order valence-corrected chi connectivity index (χ0v) is 14.7. The second-order valence-corrected chi connectivity index (χ2v) is 6.78. The van der Waals surface area contributed by atoms with E-state index in [0.717, 1.165) is 16.9 Å². The number of anilines is 1. The highest BCUT2D eigenvalue weighted by molar-refractivity contribution is 7.11. The highest BCUT2D eigenvalue weighted by Gasteiger charge is 2.18. The number of hydrogen-bond donors (Lipinski definition) is 1. The van der Waals surface area contributed by atoms with Crippen LogP contribution in [0.3, 0.4) is 0 Å². The lowest BCUT2D eigenvalue weighted by atomic mass is 10.2. The van der Waals surface area contributed by atoms with Gasteiger partial charge in [0.2, 0.25) is 0 Å². The Hall–Kier alpha value is -2.73. The van der Waals surface area contributed by atoms with Gasteiger partial charge >= 0.3 is 4.87 Å². The molecule has 6 heteroatoms. The molecule has 0 aliphatic rings. The smallest absolute Gasteiger partial charge is 0.308 e. The maximum absolute atomic E-state index is 13.3. The van der Waals surface area contributed by atoms with E-state index in [1.807, 2.05) is 31.2 Å². The lowest BCUT2D eigenvalue weighted by molar-refractivity contribution is 0.102. The van der Waals surface area contributed by atoms with E-state index in [1.165, 1.54) is 16.7 Å². The minimum absolute atomic E-state index is 0.233. The number of halogens is 1. The van der Waals surface area contributed by atoms with Gasteiger partial charge in [-0.2, -0.15) is 0 Å². The van der Waals surface area contributed by atoms with Gasteiger partial charge in [0.25, 0.3) is 5.91 Å². The number of nitrogens with zero attached hydrogens (tertiary/aromatic N) is 1. The second kappa shape index (κ2) is 7.03. The quantitative estimate of drug-likeness (QED) is 0.769. The van der Waals surface area contributed by atoms with Crippen molar-refractivity contribution < 1.29 is 9.18 Å². The number of thiazole rings is 1. The van der Waals surface area contributed by atoms with E-state index in [4.69, 9.17) is 0 Å². The first-order valence-corrected chi connectivity index (χ1v) is 8.58. The molecule has 0 atom stereocenters. The molecule has 0 unspecified atom stereocenters. The molecule has 0 bridgehead atoms. The normalized spacial score (nSPS) is 10.7. The summed E-state index contributed by atoms with van der Waals surface area (Å²) in [6.07, 6.45) is 0. The van der Waals surface area contributed by atoms with Gasteiger partial charge in [0.05, 0.1) is 6.54 Å². The molecule has 0 aliphatic carbocycles. The monoisotopic (exact) mass is 356 g/mol. The predicted octanol–water partition coefficient (Wildman–Crippen LogP) is 3.97. The number of aryl methyl sites for hydroxylation is 1. The molecule has 128 valence electrons. The molecule has 3 rings (SSSR count). The molecule has 0 radical (unpaired) electrons. The number of benzene rings is 2. The van der Waals surface area contributed by atoms with Crippen LogP contribution in [0.4, 0.5) is 10.1 Å². The minimum atomic E-state index is -0.351. The highest BCUT2D eigenvalue weighted by Crippen LogP contribution is 2.17. The van der Waals surface area contributed by atoms with Crippen LogP contribution in [0.2, 0.25) is 0 Å². The fraction of sp³-hybridized carbons (Fsp3) is 0.158. The molecule has 1 amide bonds. The molecule has 0 fully saturated rings. The molecule has 3 aromatic rings. The summed E-state index contributed by atoms with van der Waals surface area (Å²) in [5, 5.41) is 2.80. The van der Waals surface area contributed by atoms with Crippen molar-refractivity contribution in [3.63, 3.8) is 0 Å². The van der Waals surface area contributed by atoms with Gasteiger partial charge in [0.1, 0.15) is 10.7 Å². The molecule has 25 heavy (non-hydrogen) atoms. The van der Waals surface area contributed by atoms with E-state index >= 15 is 0 Å². The zero-order chi connectivity index (χ0) is 18.0. The van der Waals surface area contributed by atoms with Crippen molar-refractivity contribution in [3.05, 3.63) is 85.7 Å². The van der Waals surface area contributed by atoms with E-state index in [-0.39, 0.29) is 23.1 Å². The van der Waals surface area contributed by atoms with Crippen molar-refractivity contribution >= 4 is 22.9 Å². The second-order valence-electron chi connectivity index (χ2n) is 5.82. The summed E-state index contributed by atoms with van der Waals surface area (Å²) in [5.41, 5.74) is 3.02. The first-order valence-electron chi connectivity index (χ1n) is 7.77. The van der Waals surface area contributed by atoms with Gasteiger partial charge in [-0.15, -0.1) is 0 Å². The average molecular weight is 356 g/mol. The Morgan fingerprint density at radius 1 is 1.16 bits per heavy atom. The molecule has 2 aromatic carbocycles. The summed E-state index contributed by atoms with van der Waals surface area (Å²) in [6.45, 7) is 3.92. The Morgan fingerprint density at radius 2 is 1.88 bits per heavy atom. The zero-order valence-electron chi connectivity index (χ0n) is 13.9. The Balaban J connectivity index is 1.84. The molecule has 4 nitrogen and oxygen atoms in total. The van der Waals surface area contributed by atoms with Crippen LogP contribution in [0.1, 0.15) is 26.5 Å². The molecule has 0 saturated carbocycles. The fourth-order valence-corrected chi connectivity index (χ4v) is 3.40. The van der Waals surface area contributed by atoms with Crippen LogP contribution < -0.4 is 10.2 Å². The van der Waals surface area contributed by atoms with Gasteiger partial charge in [-0.1, -0.05) is 41.2 Å². The van der Waals surface area contributed by atoms with Crippen LogP contribution in [0, 0.1) is 19.7 Å². The third kappa shape index (κ3) is 3.85. The van der Waals surface area contributed by atoms with Crippen molar-refractivity contribution in [1.29, 1.82) is 0 Å². The third-order valence-corrected chi connectivity index (χ3v) is 4.97. The van der Waals surface area contributed by atoms with Gasteiger partial charge in [-0.25, -0.2) is 4.39 Å². The van der Waals surface area contributed by atoms with Gasteiger partial charge in [-0.05, 0) is 43.7 Å². The van der Waals surface area contributed by atoms with Crippen molar-refractivity contribution in [2.24, 2.45) is 0 Å². The van der Waals surface area contributed by atoms with Crippen molar-refractivity contribution in [3.8, 4) is 0 Å². The van der Waals surface area contributed by atoms with Crippen molar-refractivity contribution in [2.45, 2.75) is 20.4 Å². The van der Waals surface area contributed by atoms with E-state index in [9.17, 15) is 14.0 Å². The summed E-state index contributed by atoms with van der Waals surface area (Å²) in [4.78, 5) is 24.9. The van der Waals surface area contributed by atoms with Crippen LogP contribution >= 0.6 is 11.3 Å². The number of aromatic nitrogens is 1. The predicted molar refractivity (Wildman–Crippen MR) is 98.0 cm³/mol. The van der Waals surface area contributed by atoms with Crippen molar-refractivity contribution in [2.75, 3.05) is 5.32 Å². The molecule has 1 N–H and O–H groups in total. The topological polar surface area (TPSA) is 51.1 Å². The van der Waals surface area contributed by atoms with Crippen LogP contribution in [0.15, 0.2) is 53.3 Å². The van der Waals surface area contributed by atoms with Gasteiger partial charge in [0.15, 0.2) is 0 Å². The first kappa shape index (κ1) is 17.1. The molecule has 0 spiro atoms. The molecule has 0 aliphatic heterocycles. The lowest BCUT2D eigenvalue weighted by Gasteiger charge is -2.07. The largest absolute Gasteiger partial charge is 0.321 e. The number of hydrogen-bond acceptors (Lipinski definition) is 3. The van der Waals surface area contributed by atoms with Crippen LogP contribution in [0.5, 0.6) is 0 Å². The number of carbonyl (C=O) groups is 1. The van der Waals surface area contributed by atoms with Crippen molar-refractivity contribution in [1.82, 2.24) is 4.57 Å². The molecule has 0 saturated heterocycles. The summed E-state index contributed by atoms with van der Waals surface area (Å²) in [5.74, 6) is -0.669. The van der Waals surface area contributed by atoms with Crippen LogP contribution in [-0.2, 0) is 6.54 Å². The maximum Gasteiger partial charge on any atom is 0.308 e. The van der Waals surface area contributed by atoms with E-state index in [2.05, 4.69) is 5.32 Å². The first-order chi connectivity index (χ1) is 11.9. The number of nitrogens with one attached hydrogen (secondary N) is 1. The standard InChI is InChI=1S/C19H17FN2O2S/c1-12-6-8-16(9-7-12)21-18(23)17-13(2)22(19(24)25-17)11-14-4-3-5-15(20)10-14/h3-10H,11H2,1-2H3,(H,21,23). The van der Waals surface area contributed by atoms with Crippen LogP contribution in [-0.4, -0.2) is 10.5 Å². The molecular formula is C19H17FN2O2S. The highest BCUT2D eigenvalue weighted by atomic mass is 32.1. The Labute approximate surface area is 148 Å². The lowest BCUT2D eigenvalue weighted by Crippen LogP contribution is -2.16. The molecule has 1 aromatic heterocycles. The third-order valence-electron chi connectivity index (χ3n) is 3.89. The summed E-state index contributed by atoms with van der Waals surface area (Å²) in [7, 11) is 0. The Kier molecular flexibility index (Phi) is 4.81. The van der Waals surface area contributed by atoms with E-state index in [1.54, 1.807) is 19.1 Å². The van der Waals surface area contributed by atoms with Gasteiger partial charge in [-0.3, -0.25) is 14.2 Å². The van der Waals surface area contributed by atoms with Gasteiger partial charge < -0.3 is 5.32 Å².